The van der Waals surface area contributed by atoms with Crippen molar-refractivity contribution in [3.05, 3.63) is 59.7 Å². The predicted molar refractivity (Wildman–Crippen MR) is 75.9 cm³/mol. The van der Waals surface area contributed by atoms with E-state index in [1.807, 2.05) is 0 Å². The van der Waals surface area contributed by atoms with E-state index in [4.69, 9.17) is 4.42 Å². The van der Waals surface area contributed by atoms with Crippen molar-refractivity contribution in [2.75, 3.05) is 0 Å². The summed E-state index contributed by atoms with van der Waals surface area (Å²) in [5.74, 6) is 0.649. The molecular formula is C16H10N2O3. The highest BCUT2D eigenvalue weighted by atomic mass is 16.4. The van der Waals surface area contributed by atoms with Gasteiger partial charge in [-0.25, -0.2) is 0 Å². The van der Waals surface area contributed by atoms with Crippen LogP contribution in [0.2, 0.25) is 0 Å². The van der Waals surface area contributed by atoms with E-state index in [1.165, 1.54) is 0 Å². The number of aldehydes is 2. The van der Waals surface area contributed by atoms with Gasteiger partial charge in [-0.15, -0.1) is 10.2 Å². The topological polar surface area (TPSA) is 73.1 Å². The number of aromatic nitrogens is 2. The van der Waals surface area contributed by atoms with Gasteiger partial charge in [-0.1, -0.05) is 24.3 Å². The minimum absolute atomic E-state index is 0.324. The molecule has 0 aliphatic heterocycles. The first kappa shape index (κ1) is 12.9. The van der Waals surface area contributed by atoms with Crippen molar-refractivity contribution in [3.8, 4) is 22.9 Å². The van der Waals surface area contributed by atoms with Crippen molar-refractivity contribution in [2.24, 2.45) is 0 Å². The summed E-state index contributed by atoms with van der Waals surface area (Å²) in [5.41, 5.74) is 2.42. The molecule has 102 valence electrons. The summed E-state index contributed by atoms with van der Waals surface area (Å²) in [4.78, 5) is 21.6. The fraction of sp³-hybridized carbons (Fsp3) is 0. The van der Waals surface area contributed by atoms with E-state index < -0.39 is 0 Å². The molecule has 1 aromatic heterocycles. The molecule has 0 amide bonds. The van der Waals surface area contributed by atoms with Gasteiger partial charge in [0.15, 0.2) is 0 Å². The van der Waals surface area contributed by atoms with Crippen LogP contribution in [0.3, 0.4) is 0 Å². The fourth-order valence-electron chi connectivity index (χ4n) is 1.95. The van der Waals surface area contributed by atoms with Gasteiger partial charge in [-0.2, -0.15) is 0 Å². The number of benzene rings is 2. The molecule has 0 radical (unpaired) electrons. The largest absolute Gasteiger partial charge is 0.416 e. The summed E-state index contributed by atoms with van der Waals surface area (Å²) in [7, 11) is 0. The maximum absolute atomic E-state index is 10.8. The Morgan fingerprint density at radius 3 is 1.67 bits per heavy atom. The smallest absolute Gasteiger partial charge is 0.248 e. The van der Waals surface area contributed by atoms with Crippen LogP contribution < -0.4 is 0 Å². The highest BCUT2D eigenvalue weighted by Crippen LogP contribution is 2.24. The first-order chi connectivity index (χ1) is 10.3. The molecule has 0 saturated carbocycles. The molecule has 3 aromatic rings. The van der Waals surface area contributed by atoms with E-state index >= 15 is 0 Å². The molecule has 5 nitrogen and oxygen atoms in total. The van der Waals surface area contributed by atoms with Crippen LogP contribution in [-0.2, 0) is 0 Å². The van der Waals surface area contributed by atoms with Crippen molar-refractivity contribution >= 4 is 12.6 Å². The van der Waals surface area contributed by atoms with E-state index in [0.717, 1.165) is 12.6 Å². The molecule has 5 heteroatoms. The van der Waals surface area contributed by atoms with Gasteiger partial charge in [0.1, 0.15) is 12.6 Å². The molecule has 2 aromatic carbocycles. The van der Waals surface area contributed by atoms with Crippen molar-refractivity contribution in [1.82, 2.24) is 10.2 Å². The first-order valence-corrected chi connectivity index (χ1v) is 6.25. The number of carbonyl (C=O) groups is 2. The predicted octanol–water partition coefficient (Wildman–Crippen LogP) is 3.03. The number of hydrogen-bond donors (Lipinski definition) is 0. The maximum atomic E-state index is 10.8. The van der Waals surface area contributed by atoms with Gasteiger partial charge in [-0.3, -0.25) is 9.59 Å². The molecule has 3 rings (SSSR count). The Hall–Kier alpha value is -3.08. The minimum atomic E-state index is 0.324. The van der Waals surface area contributed by atoms with Gasteiger partial charge in [0.05, 0.1) is 0 Å². The maximum Gasteiger partial charge on any atom is 0.248 e. The Balaban J connectivity index is 1.99. The minimum Gasteiger partial charge on any atom is -0.416 e. The third-order valence-electron chi connectivity index (χ3n) is 2.96. The highest BCUT2D eigenvalue weighted by Gasteiger charge is 2.11. The van der Waals surface area contributed by atoms with Crippen LogP contribution in [0.1, 0.15) is 20.7 Å². The molecule has 0 atom stereocenters. The zero-order chi connectivity index (χ0) is 14.7. The average Bonchev–Trinajstić information content (AvgIpc) is 3.05. The van der Waals surface area contributed by atoms with Gasteiger partial charge in [-0.05, 0) is 24.3 Å². The molecule has 0 fully saturated rings. The summed E-state index contributed by atoms with van der Waals surface area (Å²) in [6.45, 7) is 0. The summed E-state index contributed by atoms with van der Waals surface area (Å²) in [5, 5.41) is 7.95. The number of rotatable bonds is 4. The second-order valence-corrected chi connectivity index (χ2v) is 4.40. The Morgan fingerprint density at radius 2 is 1.24 bits per heavy atom. The van der Waals surface area contributed by atoms with Crippen LogP contribution in [0.4, 0.5) is 0 Å². The molecule has 0 aliphatic carbocycles. The lowest BCUT2D eigenvalue weighted by Crippen LogP contribution is -1.82. The van der Waals surface area contributed by atoms with Crippen LogP contribution in [0.5, 0.6) is 0 Å². The molecule has 1 heterocycles. The van der Waals surface area contributed by atoms with Crippen molar-refractivity contribution in [3.63, 3.8) is 0 Å². The van der Waals surface area contributed by atoms with Gasteiger partial charge in [0, 0.05) is 22.3 Å². The van der Waals surface area contributed by atoms with Crippen LogP contribution in [0.15, 0.2) is 52.9 Å². The number of carbonyl (C=O) groups excluding carboxylic acids is 2. The second kappa shape index (κ2) is 5.50. The lowest BCUT2D eigenvalue weighted by molar-refractivity contribution is 0.111. The Kier molecular flexibility index (Phi) is 3.39. The third-order valence-corrected chi connectivity index (χ3v) is 2.96. The van der Waals surface area contributed by atoms with E-state index in [2.05, 4.69) is 10.2 Å². The SMILES string of the molecule is O=Cc1cccc(-c2nnc(-c3cccc(C=O)c3)o2)c1. The standard InChI is InChI=1S/C16H10N2O3/c19-9-11-3-1-5-13(7-11)15-17-18-16(21-15)14-6-2-4-12(8-14)10-20/h1-10H. The normalized spacial score (nSPS) is 10.3. The Labute approximate surface area is 120 Å². The molecule has 0 bridgehead atoms. The summed E-state index contributed by atoms with van der Waals surface area (Å²) >= 11 is 0. The van der Waals surface area contributed by atoms with E-state index in [9.17, 15) is 9.59 Å². The van der Waals surface area contributed by atoms with E-state index in [0.29, 0.717) is 34.0 Å². The average molecular weight is 278 g/mol. The lowest BCUT2D eigenvalue weighted by Gasteiger charge is -1.97. The first-order valence-electron chi connectivity index (χ1n) is 6.25. The second-order valence-electron chi connectivity index (χ2n) is 4.40. The molecule has 0 saturated heterocycles. The third kappa shape index (κ3) is 2.62. The quantitative estimate of drug-likeness (QED) is 0.686. The van der Waals surface area contributed by atoms with Crippen LogP contribution in [0.25, 0.3) is 22.9 Å². The highest BCUT2D eigenvalue weighted by molar-refractivity contribution is 5.78. The molecule has 0 N–H and O–H groups in total. The van der Waals surface area contributed by atoms with Gasteiger partial charge < -0.3 is 4.42 Å². The summed E-state index contributed by atoms with van der Waals surface area (Å²) < 4.78 is 5.60. The zero-order valence-electron chi connectivity index (χ0n) is 10.9. The van der Waals surface area contributed by atoms with Crippen LogP contribution >= 0.6 is 0 Å². The van der Waals surface area contributed by atoms with E-state index in [1.54, 1.807) is 48.5 Å². The molecule has 0 spiro atoms. The summed E-state index contributed by atoms with van der Waals surface area (Å²) in [6, 6.07) is 13.8. The summed E-state index contributed by atoms with van der Waals surface area (Å²) in [6.07, 6.45) is 1.52. The van der Waals surface area contributed by atoms with Crippen molar-refractivity contribution < 1.29 is 14.0 Å². The number of nitrogens with zero attached hydrogens (tertiary/aromatic N) is 2. The number of hydrogen-bond acceptors (Lipinski definition) is 5. The van der Waals surface area contributed by atoms with Gasteiger partial charge >= 0.3 is 0 Å². The molecule has 0 unspecified atom stereocenters. The molecule has 0 aliphatic rings. The van der Waals surface area contributed by atoms with Gasteiger partial charge in [0.2, 0.25) is 11.8 Å². The van der Waals surface area contributed by atoms with Crippen molar-refractivity contribution in [1.29, 1.82) is 0 Å². The zero-order valence-corrected chi connectivity index (χ0v) is 10.9. The van der Waals surface area contributed by atoms with Gasteiger partial charge in [0.25, 0.3) is 0 Å². The van der Waals surface area contributed by atoms with Crippen LogP contribution in [0, 0.1) is 0 Å². The molecule has 21 heavy (non-hydrogen) atoms. The monoisotopic (exact) mass is 278 g/mol. The van der Waals surface area contributed by atoms with E-state index in [-0.39, 0.29) is 0 Å². The van der Waals surface area contributed by atoms with Crippen LogP contribution in [-0.4, -0.2) is 22.8 Å². The Bertz CT molecular complexity index is 743. The van der Waals surface area contributed by atoms with Crippen molar-refractivity contribution in [2.45, 2.75) is 0 Å². The fourth-order valence-corrected chi connectivity index (χ4v) is 1.95. The lowest BCUT2D eigenvalue weighted by atomic mass is 10.1. The Morgan fingerprint density at radius 1 is 0.762 bits per heavy atom. The molecular weight excluding hydrogens is 268 g/mol.